The minimum atomic E-state index is -0.290. The van der Waals surface area contributed by atoms with Crippen molar-refractivity contribution in [1.29, 1.82) is 0 Å². The Morgan fingerprint density at radius 3 is 2.96 bits per heavy atom. The maximum absolute atomic E-state index is 13.9. The normalized spacial score (nSPS) is 14.2. The number of amides is 1. The number of H-pyrrole nitrogens is 1. The summed E-state index contributed by atoms with van der Waals surface area (Å²) in [6, 6.07) is 12.4. The van der Waals surface area contributed by atoms with Crippen LogP contribution in [0.5, 0.6) is 0 Å². The summed E-state index contributed by atoms with van der Waals surface area (Å²) in [5.74, 6) is -0.441. The molecule has 5 nitrogen and oxygen atoms in total. The van der Waals surface area contributed by atoms with E-state index in [4.69, 9.17) is 0 Å². The number of hydrogen-bond donors (Lipinski definition) is 2. The summed E-state index contributed by atoms with van der Waals surface area (Å²) >= 11 is 0. The number of carbonyl (C=O) groups excluding carboxylic acids is 1. The molecule has 0 radical (unpaired) electrons. The van der Waals surface area contributed by atoms with Gasteiger partial charge in [-0.1, -0.05) is 30.3 Å². The zero-order valence-electron chi connectivity index (χ0n) is 12.3. The maximum atomic E-state index is 13.9. The maximum Gasteiger partial charge on any atom is 0.275 e. The van der Waals surface area contributed by atoms with Gasteiger partial charge in [-0.25, -0.2) is 4.39 Å². The lowest BCUT2D eigenvalue weighted by molar-refractivity contribution is 0.0749. The van der Waals surface area contributed by atoms with Crippen molar-refractivity contribution in [3.8, 4) is 0 Å². The van der Waals surface area contributed by atoms with Crippen LogP contribution in [0.25, 0.3) is 10.9 Å². The third kappa shape index (κ3) is 2.32. The summed E-state index contributed by atoms with van der Waals surface area (Å²) in [6.07, 6.45) is 0. The Bertz CT molecular complexity index is 889. The number of aromatic amines is 1. The average Bonchev–Trinajstić information content (AvgIpc) is 2.86. The molecule has 1 aliphatic heterocycles. The van der Waals surface area contributed by atoms with Crippen molar-refractivity contribution in [1.82, 2.24) is 15.1 Å². The van der Waals surface area contributed by atoms with E-state index in [1.807, 2.05) is 30.3 Å². The molecule has 0 bridgehead atoms. The van der Waals surface area contributed by atoms with Gasteiger partial charge < -0.3 is 10.2 Å². The van der Waals surface area contributed by atoms with E-state index in [0.29, 0.717) is 31.0 Å². The fourth-order valence-electron chi connectivity index (χ4n) is 2.95. The Morgan fingerprint density at radius 1 is 1.17 bits per heavy atom. The molecule has 4 rings (SSSR count). The van der Waals surface area contributed by atoms with Gasteiger partial charge in [-0.3, -0.25) is 9.89 Å². The van der Waals surface area contributed by atoms with Crippen molar-refractivity contribution in [2.24, 2.45) is 0 Å². The van der Waals surface area contributed by atoms with Crippen LogP contribution >= 0.6 is 0 Å². The molecule has 3 aromatic rings. The molecular formula is C17H15FN4O. The van der Waals surface area contributed by atoms with Crippen LogP contribution in [0.15, 0.2) is 42.5 Å². The third-order valence-corrected chi connectivity index (χ3v) is 4.10. The topological polar surface area (TPSA) is 61.0 Å². The summed E-state index contributed by atoms with van der Waals surface area (Å²) in [5, 5.41) is 10.9. The van der Waals surface area contributed by atoms with Crippen LogP contribution < -0.4 is 5.32 Å². The van der Waals surface area contributed by atoms with Gasteiger partial charge >= 0.3 is 0 Å². The summed E-state index contributed by atoms with van der Waals surface area (Å²) in [5.41, 5.74) is 2.49. The fourth-order valence-corrected chi connectivity index (χ4v) is 2.95. The fraction of sp³-hybridized carbons (Fsp3) is 0.176. The summed E-state index contributed by atoms with van der Waals surface area (Å²) < 4.78 is 13.9. The lowest BCUT2D eigenvalue weighted by Gasteiger charge is -2.19. The second kappa shape index (κ2) is 5.39. The molecule has 116 valence electrons. The molecule has 2 N–H and O–H groups in total. The minimum absolute atomic E-state index is 0.152. The van der Waals surface area contributed by atoms with Crippen LogP contribution in [0.3, 0.4) is 0 Å². The Balaban J connectivity index is 1.69. The van der Waals surface area contributed by atoms with E-state index in [-0.39, 0.29) is 11.7 Å². The number of rotatable bonds is 1. The lowest BCUT2D eigenvalue weighted by Crippen LogP contribution is -2.33. The number of para-hydroxylation sites is 2. The predicted octanol–water partition coefficient (Wildman–Crippen LogP) is 2.77. The molecule has 2 heterocycles. The van der Waals surface area contributed by atoms with Gasteiger partial charge in [0.2, 0.25) is 0 Å². The molecule has 2 aromatic carbocycles. The molecule has 1 amide bonds. The number of aromatic nitrogens is 2. The summed E-state index contributed by atoms with van der Waals surface area (Å²) in [7, 11) is 0. The Labute approximate surface area is 132 Å². The lowest BCUT2D eigenvalue weighted by atomic mass is 10.1. The first-order valence-electron chi connectivity index (χ1n) is 7.47. The van der Waals surface area contributed by atoms with Gasteiger partial charge in [0.1, 0.15) is 5.82 Å². The summed E-state index contributed by atoms with van der Waals surface area (Å²) in [4.78, 5) is 14.5. The van der Waals surface area contributed by atoms with Gasteiger partial charge in [0.15, 0.2) is 5.69 Å². The van der Waals surface area contributed by atoms with Crippen LogP contribution in [-0.4, -0.2) is 34.1 Å². The largest absolute Gasteiger partial charge is 0.381 e. The van der Waals surface area contributed by atoms with E-state index in [1.54, 1.807) is 11.0 Å². The number of benzene rings is 2. The van der Waals surface area contributed by atoms with E-state index in [9.17, 15) is 9.18 Å². The van der Waals surface area contributed by atoms with Crippen molar-refractivity contribution in [2.75, 3.05) is 18.4 Å². The molecule has 23 heavy (non-hydrogen) atoms. The number of hydrogen-bond acceptors (Lipinski definition) is 3. The van der Waals surface area contributed by atoms with E-state index < -0.39 is 0 Å². The molecule has 1 aromatic heterocycles. The van der Waals surface area contributed by atoms with Gasteiger partial charge in [-0.2, -0.15) is 5.10 Å². The number of carbonyl (C=O) groups is 1. The number of nitrogens with one attached hydrogen (secondary N) is 2. The third-order valence-electron chi connectivity index (χ3n) is 4.10. The van der Waals surface area contributed by atoms with Crippen LogP contribution in [0.4, 0.5) is 10.1 Å². The quantitative estimate of drug-likeness (QED) is 0.726. The van der Waals surface area contributed by atoms with Gasteiger partial charge in [0, 0.05) is 25.0 Å². The average molecular weight is 310 g/mol. The van der Waals surface area contributed by atoms with Crippen molar-refractivity contribution in [3.63, 3.8) is 0 Å². The predicted molar refractivity (Wildman–Crippen MR) is 85.7 cm³/mol. The van der Waals surface area contributed by atoms with E-state index in [0.717, 1.165) is 16.5 Å². The molecule has 0 unspecified atom stereocenters. The first kappa shape index (κ1) is 13.8. The second-order valence-corrected chi connectivity index (χ2v) is 5.55. The van der Waals surface area contributed by atoms with Crippen molar-refractivity contribution in [2.45, 2.75) is 6.54 Å². The SMILES string of the molecule is O=C(c1n[nH]c2ccccc12)N1CCNc2c(F)cccc2C1. The zero-order chi connectivity index (χ0) is 15.8. The molecule has 1 aliphatic rings. The number of anilines is 1. The molecule has 6 heteroatoms. The highest BCUT2D eigenvalue weighted by Gasteiger charge is 2.24. The Hall–Kier alpha value is -2.89. The van der Waals surface area contributed by atoms with E-state index in [2.05, 4.69) is 15.5 Å². The summed E-state index contributed by atoms with van der Waals surface area (Å²) in [6.45, 7) is 1.36. The van der Waals surface area contributed by atoms with E-state index >= 15 is 0 Å². The molecule has 0 spiro atoms. The van der Waals surface area contributed by atoms with Crippen molar-refractivity contribution >= 4 is 22.5 Å². The number of nitrogens with zero attached hydrogens (tertiary/aromatic N) is 2. The molecule has 0 saturated heterocycles. The highest BCUT2D eigenvalue weighted by molar-refractivity contribution is 6.04. The van der Waals surface area contributed by atoms with Gasteiger partial charge in [-0.15, -0.1) is 0 Å². The number of fused-ring (bicyclic) bond motifs is 2. The highest BCUT2D eigenvalue weighted by atomic mass is 19.1. The van der Waals surface area contributed by atoms with Crippen LogP contribution in [-0.2, 0) is 6.54 Å². The minimum Gasteiger partial charge on any atom is -0.381 e. The van der Waals surface area contributed by atoms with Crippen molar-refractivity contribution < 1.29 is 9.18 Å². The first-order valence-corrected chi connectivity index (χ1v) is 7.47. The number of halogens is 1. The standard InChI is InChI=1S/C17H15FN4O/c18-13-6-3-4-11-10-22(9-8-19-15(11)13)17(23)16-12-5-1-2-7-14(12)20-21-16/h1-7,19H,8-10H2,(H,20,21). The van der Waals surface area contributed by atoms with Gasteiger partial charge in [-0.05, 0) is 17.7 Å². The molecule has 0 atom stereocenters. The highest BCUT2D eigenvalue weighted by Crippen LogP contribution is 2.25. The molecular weight excluding hydrogens is 295 g/mol. The van der Waals surface area contributed by atoms with Crippen LogP contribution in [0.1, 0.15) is 16.1 Å². The van der Waals surface area contributed by atoms with Gasteiger partial charge in [0.05, 0.1) is 11.2 Å². The molecule has 0 saturated carbocycles. The second-order valence-electron chi connectivity index (χ2n) is 5.55. The smallest absolute Gasteiger partial charge is 0.275 e. The van der Waals surface area contributed by atoms with Crippen LogP contribution in [0.2, 0.25) is 0 Å². The van der Waals surface area contributed by atoms with Crippen molar-refractivity contribution in [3.05, 3.63) is 59.5 Å². The molecule has 0 fully saturated rings. The molecule has 0 aliphatic carbocycles. The zero-order valence-corrected chi connectivity index (χ0v) is 12.3. The monoisotopic (exact) mass is 310 g/mol. The Kier molecular flexibility index (Phi) is 3.22. The van der Waals surface area contributed by atoms with E-state index in [1.165, 1.54) is 6.07 Å². The first-order chi connectivity index (χ1) is 11.2. The Morgan fingerprint density at radius 2 is 2.04 bits per heavy atom. The van der Waals surface area contributed by atoms with Gasteiger partial charge in [0.25, 0.3) is 5.91 Å². The van der Waals surface area contributed by atoms with Crippen LogP contribution in [0, 0.1) is 5.82 Å².